The lowest BCUT2D eigenvalue weighted by Crippen LogP contribution is -2.16. The average Bonchev–Trinajstić information content (AvgIpc) is 2.32. The predicted octanol–water partition coefficient (Wildman–Crippen LogP) is 0.905. The van der Waals surface area contributed by atoms with Crippen molar-refractivity contribution in [2.24, 2.45) is 0 Å². The maximum absolute atomic E-state index is 12.0. The lowest BCUT2D eigenvalue weighted by atomic mass is 10.1. The molecule has 7 nitrogen and oxygen atoms in total. The number of anilines is 3. The van der Waals surface area contributed by atoms with Gasteiger partial charge in [0, 0.05) is 16.9 Å². The minimum atomic E-state index is -0.385. The number of carbonyl (C=O) groups is 1. The zero-order valence-electron chi connectivity index (χ0n) is 10.6. The number of nitrogens with zero attached hydrogens (tertiary/aromatic N) is 3. The molecule has 0 aliphatic heterocycles. The molecule has 0 radical (unpaired) electrons. The van der Waals surface area contributed by atoms with Crippen LogP contribution in [-0.4, -0.2) is 21.1 Å². The molecule has 1 amide bonds. The van der Waals surface area contributed by atoms with E-state index in [9.17, 15) is 4.79 Å². The molecule has 2 rings (SSSR count). The highest BCUT2D eigenvalue weighted by Gasteiger charge is 2.10. The smallest absolute Gasteiger partial charge is 0.258 e. The van der Waals surface area contributed by atoms with Crippen molar-refractivity contribution in [3.8, 4) is 0 Å². The number of carbonyl (C=O) groups excluding carboxylic acids is 1. The van der Waals surface area contributed by atoms with Crippen LogP contribution < -0.4 is 16.8 Å². The minimum Gasteiger partial charge on any atom is -0.399 e. The standard InChI is InChI=1S/C12H14N6O/c1-6-7(2)17-18-12(15-6)16-11(19)8-3-9(13)5-10(14)4-8/h3-5H,13-14H2,1-2H3,(H,15,16,18,19). The summed E-state index contributed by atoms with van der Waals surface area (Å²) in [5.41, 5.74) is 13.9. The van der Waals surface area contributed by atoms with Crippen molar-refractivity contribution in [1.29, 1.82) is 0 Å². The van der Waals surface area contributed by atoms with Crippen molar-refractivity contribution < 1.29 is 4.79 Å². The van der Waals surface area contributed by atoms with Crippen LogP contribution in [0.4, 0.5) is 17.3 Å². The molecule has 19 heavy (non-hydrogen) atoms. The summed E-state index contributed by atoms with van der Waals surface area (Å²) in [5.74, 6) is -0.238. The van der Waals surface area contributed by atoms with Crippen molar-refractivity contribution in [3.63, 3.8) is 0 Å². The van der Waals surface area contributed by atoms with Crippen LogP contribution in [-0.2, 0) is 0 Å². The Balaban J connectivity index is 2.22. The van der Waals surface area contributed by atoms with Gasteiger partial charge in [-0.2, -0.15) is 5.10 Å². The minimum absolute atomic E-state index is 0.147. The third-order valence-electron chi connectivity index (χ3n) is 2.56. The molecule has 0 fully saturated rings. The lowest BCUT2D eigenvalue weighted by Gasteiger charge is -2.06. The first-order valence-electron chi connectivity index (χ1n) is 5.61. The van der Waals surface area contributed by atoms with E-state index in [0.29, 0.717) is 28.3 Å². The Kier molecular flexibility index (Phi) is 3.28. The van der Waals surface area contributed by atoms with E-state index in [-0.39, 0.29) is 11.9 Å². The second-order valence-corrected chi connectivity index (χ2v) is 4.15. The number of nitrogens with one attached hydrogen (secondary N) is 1. The normalized spacial score (nSPS) is 10.2. The van der Waals surface area contributed by atoms with Crippen LogP contribution in [0.3, 0.4) is 0 Å². The van der Waals surface area contributed by atoms with Gasteiger partial charge in [-0.15, -0.1) is 5.10 Å². The molecule has 0 saturated carbocycles. The van der Waals surface area contributed by atoms with E-state index < -0.39 is 0 Å². The summed E-state index contributed by atoms with van der Waals surface area (Å²) < 4.78 is 0. The van der Waals surface area contributed by atoms with Crippen LogP contribution in [0.15, 0.2) is 18.2 Å². The fourth-order valence-corrected chi connectivity index (χ4v) is 1.49. The Hall–Kier alpha value is -2.70. The van der Waals surface area contributed by atoms with E-state index in [1.807, 2.05) is 0 Å². The Labute approximate surface area is 110 Å². The third-order valence-corrected chi connectivity index (χ3v) is 2.56. The number of aryl methyl sites for hydroxylation is 2. The molecule has 5 N–H and O–H groups in total. The van der Waals surface area contributed by atoms with Gasteiger partial charge in [0.1, 0.15) is 0 Å². The topological polar surface area (TPSA) is 120 Å². The van der Waals surface area contributed by atoms with Gasteiger partial charge in [0.05, 0.1) is 11.4 Å². The number of nitrogen functional groups attached to an aromatic ring is 2. The summed E-state index contributed by atoms with van der Waals surface area (Å²) in [6, 6.07) is 4.63. The highest BCUT2D eigenvalue weighted by atomic mass is 16.1. The maximum Gasteiger partial charge on any atom is 0.258 e. The Morgan fingerprint density at radius 2 is 1.68 bits per heavy atom. The van der Waals surface area contributed by atoms with Crippen molar-refractivity contribution in [2.75, 3.05) is 16.8 Å². The molecule has 0 aliphatic carbocycles. The molecule has 7 heteroatoms. The van der Waals surface area contributed by atoms with Crippen LogP contribution in [0.25, 0.3) is 0 Å². The molecule has 0 saturated heterocycles. The highest BCUT2D eigenvalue weighted by molar-refractivity contribution is 6.04. The third kappa shape index (κ3) is 2.95. The van der Waals surface area contributed by atoms with Gasteiger partial charge in [0.15, 0.2) is 0 Å². The summed E-state index contributed by atoms with van der Waals surface area (Å²) in [5, 5.41) is 10.2. The first-order valence-corrected chi connectivity index (χ1v) is 5.61. The molecule has 0 spiro atoms. The average molecular weight is 258 g/mol. The SMILES string of the molecule is Cc1nnc(NC(=O)c2cc(N)cc(N)c2)nc1C. The van der Waals surface area contributed by atoms with Gasteiger partial charge in [-0.25, -0.2) is 4.98 Å². The fraction of sp³-hybridized carbons (Fsp3) is 0.167. The Bertz CT molecular complexity index is 620. The quantitative estimate of drug-likeness (QED) is 0.688. The van der Waals surface area contributed by atoms with Crippen molar-refractivity contribution >= 4 is 23.2 Å². The van der Waals surface area contributed by atoms with Crippen LogP contribution in [0.2, 0.25) is 0 Å². The summed E-state index contributed by atoms with van der Waals surface area (Å²) in [4.78, 5) is 16.1. The van der Waals surface area contributed by atoms with Crippen LogP contribution in [0, 0.1) is 13.8 Å². The van der Waals surface area contributed by atoms with Gasteiger partial charge >= 0.3 is 0 Å². The van der Waals surface area contributed by atoms with Crippen molar-refractivity contribution in [3.05, 3.63) is 35.2 Å². The summed E-state index contributed by atoms with van der Waals surface area (Å²) in [6.45, 7) is 3.58. The molecule has 0 unspecified atom stereocenters. The van der Waals surface area contributed by atoms with E-state index in [1.165, 1.54) is 12.1 Å². The second kappa shape index (κ2) is 4.89. The van der Waals surface area contributed by atoms with E-state index in [4.69, 9.17) is 11.5 Å². The number of hydrogen-bond donors (Lipinski definition) is 3. The molecular weight excluding hydrogens is 244 g/mol. The van der Waals surface area contributed by atoms with Crippen molar-refractivity contribution in [2.45, 2.75) is 13.8 Å². The van der Waals surface area contributed by atoms with E-state index >= 15 is 0 Å². The van der Waals surface area contributed by atoms with Crippen LogP contribution in [0.1, 0.15) is 21.7 Å². The lowest BCUT2D eigenvalue weighted by molar-refractivity contribution is 0.102. The first kappa shape index (κ1) is 12.7. The van der Waals surface area contributed by atoms with Crippen LogP contribution >= 0.6 is 0 Å². The summed E-state index contributed by atoms with van der Waals surface area (Å²) in [6.07, 6.45) is 0. The second-order valence-electron chi connectivity index (χ2n) is 4.15. The molecule has 1 aromatic heterocycles. The van der Waals surface area contributed by atoms with E-state index in [2.05, 4.69) is 20.5 Å². The van der Waals surface area contributed by atoms with Gasteiger partial charge in [0.25, 0.3) is 5.91 Å². The zero-order valence-corrected chi connectivity index (χ0v) is 10.6. The fourth-order valence-electron chi connectivity index (χ4n) is 1.49. The molecule has 0 aliphatic rings. The predicted molar refractivity (Wildman–Crippen MR) is 72.5 cm³/mol. The molecule has 0 bridgehead atoms. The van der Waals surface area contributed by atoms with Gasteiger partial charge in [0.2, 0.25) is 5.95 Å². The molecule has 1 aromatic carbocycles. The largest absolute Gasteiger partial charge is 0.399 e. The van der Waals surface area contributed by atoms with E-state index in [0.717, 1.165) is 0 Å². The van der Waals surface area contributed by atoms with Gasteiger partial charge in [-0.1, -0.05) is 0 Å². The van der Waals surface area contributed by atoms with Gasteiger partial charge in [-0.3, -0.25) is 10.1 Å². The van der Waals surface area contributed by atoms with Crippen molar-refractivity contribution in [1.82, 2.24) is 15.2 Å². The molecule has 0 atom stereocenters. The number of benzene rings is 1. The summed E-state index contributed by atoms with van der Waals surface area (Å²) in [7, 11) is 0. The molecule has 1 heterocycles. The highest BCUT2D eigenvalue weighted by Crippen LogP contribution is 2.14. The summed E-state index contributed by atoms with van der Waals surface area (Å²) >= 11 is 0. The maximum atomic E-state index is 12.0. The number of amides is 1. The van der Waals surface area contributed by atoms with Gasteiger partial charge < -0.3 is 11.5 Å². The Morgan fingerprint density at radius 3 is 2.26 bits per heavy atom. The number of aromatic nitrogens is 3. The Morgan fingerprint density at radius 1 is 1.05 bits per heavy atom. The number of rotatable bonds is 2. The van der Waals surface area contributed by atoms with Crippen LogP contribution in [0.5, 0.6) is 0 Å². The molecule has 98 valence electrons. The zero-order chi connectivity index (χ0) is 14.0. The first-order chi connectivity index (χ1) is 8.95. The number of hydrogen-bond acceptors (Lipinski definition) is 6. The monoisotopic (exact) mass is 258 g/mol. The number of nitrogens with two attached hydrogens (primary N) is 2. The van der Waals surface area contributed by atoms with Gasteiger partial charge in [-0.05, 0) is 32.0 Å². The molecular formula is C12H14N6O. The molecule has 2 aromatic rings. The van der Waals surface area contributed by atoms with E-state index in [1.54, 1.807) is 19.9 Å².